The molecule has 2 unspecified atom stereocenters. The summed E-state index contributed by atoms with van der Waals surface area (Å²) < 4.78 is 11.5. The molecule has 0 aliphatic carbocycles. The SMILES string of the molecule is CC[C@@H]([C@H](C)OC)N1CC(C)OCC1Cc1ccc(Cl)cc1. The maximum Gasteiger partial charge on any atom is 0.0698 e. The van der Waals surface area contributed by atoms with Crippen molar-refractivity contribution >= 4 is 11.6 Å². The molecule has 0 aromatic heterocycles. The van der Waals surface area contributed by atoms with Crippen LogP contribution < -0.4 is 0 Å². The minimum Gasteiger partial charge on any atom is -0.380 e. The number of rotatable bonds is 6. The van der Waals surface area contributed by atoms with Gasteiger partial charge in [0.25, 0.3) is 0 Å². The van der Waals surface area contributed by atoms with Crippen LogP contribution in [0, 0.1) is 0 Å². The third-order valence-electron chi connectivity index (χ3n) is 4.65. The highest BCUT2D eigenvalue weighted by Crippen LogP contribution is 2.23. The Kier molecular flexibility index (Phi) is 6.69. The summed E-state index contributed by atoms with van der Waals surface area (Å²) in [6.07, 6.45) is 2.57. The van der Waals surface area contributed by atoms with E-state index in [1.54, 1.807) is 7.11 Å². The molecule has 1 fully saturated rings. The van der Waals surface area contributed by atoms with Crippen LogP contribution in [0.2, 0.25) is 5.02 Å². The van der Waals surface area contributed by atoms with E-state index >= 15 is 0 Å². The molecule has 4 heteroatoms. The maximum atomic E-state index is 5.98. The first-order valence-electron chi connectivity index (χ1n) is 8.19. The Morgan fingerprint density at radius 2 is 2.05 bits per heavy atom. The fourth-order valence-electron chi connectivity index (χ4n) is 3.34. The van der Waals surface area contributed by atoms with E-state index in [-0.39, 0.29) is 12.2 Å². The molecule has 0 bridgehead atoms. The normalized spacial score (nSPS) is 25.9. The van der Waals surface area contributed by atoms with Crippen LogP contribution in [0.25, 0.3) is 0 Å². The van der Waals surface area contributed by atoms with Crippen LogP contribution in [0.3, 0.4) is 0 Å². The van der Waals surface area contributed by atoms with Crippen molar-refractivity contribution in [2.24, 2.45) is 0 Å². The predicted molar refractivity (Wildman–Crippen MR) is 91.6 cm³/mol. The summed E-state index contributed by atoms with van der Waals surface area (Å²) in [5.74, 6) is 0. The second-order valence-electron chi connectivity index (χ2n) is 6.24. The number of ether oxygens (including phenoxy) is 2. The molecule has 2 rings (SSSR count). The summed E-state index contributed by atoms with van der Waals surface area (Å²) in [5.41, 5.74) is 1.30. The first-order valence-corrected chi connectivity index (χ1v) is 8.57. The van der Waals surface area contributed by atoms with Crippen molar-refractivity contribution < 1.29 is 9.47 Å². The number of methoxy groups -OCH3 is 1. The number of halogens is 1. The minimum absolute atomic E-state index is 0.225. The van der Waals surface area contributed by atoms with E-state index < -0.39 is 0 Å². The molecular formula is C18H28ClNO2. The summed E-state index contributed by atoms with van der Waals surface area (Å²) in [6, 6.07) is 8.96. The molecule has 1 aliphatic rings. The van der Waals surface area contributed by atoms with Gasteiger partial charge in [-0.3, -0.25) is 4.90 Å². The smallest absolute Gasteiger partial charge is 0.0698 e. The molecule has 0 N–H and O–H groups in total. The fraction of sp³-hybridized carbons (Fsp3) is 0.667. The summed E-state index contributed by atoms with van der Waals surface area (Å²) in [7, 11) is 1.80. The lowest BCUT2D eigenvalue weighted by atomic mass is 9.98. The van der Waals surface area contributed by atoms with Gasteiger partial charge in [0.2, 0.25) is 0 Å². The molecule has 0 amide bonds. The van der Waals surface area contributed by atoms with Crippen LogP contribution >= 0.6 is 11.6 Å². The molecule has 1 aromatic rings. The van der Waals surface area contributed by atoms with Crippen molar-refractivity contribution in [3.8, 4) is 0 Å². The van der Waals surface area contributed by atoms with Gasteiger partial charge < -0.3 is 9.47 Å². The molecule has 1 saturated heterocycles. The molecule has 0 spiro atoms. The van der Waals surface area contributed by atoms with E-state index in [9.17, 15) is 0 Å². The summed E-state index contributed by atoms with van der Waals surface area (Å²) in [5, 5.41) is 0.786. The maximum absolute atomic E-state index is 5.98. The zero-order valence-corrected chi connectivity index (χ0v) is 14.8. The quantitative estimate of drug-likeness (QED) is 0.794. The Morgan fingerprint density at radius 1 is 1.36 bits per heavy atom. The second kappa shape index (κ2) is 8.30. The lowest BCUT2D eigenvalue weighted by molar-refractivity contribution is -0.0951. The van der Waals surface area contributed by atoms with Gasteiger partial charge in [0.15, 0.2) is 0 Å². The molecule has 0 radical (unpaired) electrons. The van der Waals surface area contributed by atoms with Crippen LogP contribution in [0.4, 0.5) is 0 Å². The topological polar surface area (TPSA) is 21.7 Å². The van der Waals surface area contributed by atoms with Crippen LogP contribution in [0.1, 0.15) is 32.8 Å². The van der Waals surface area contributed by atoms with Gasteiger partial charge in [0, 0.05) is 30.8 Å². The summed E-state index contributed by atoms with van der Waals surface area (Å²) in [6.45, 7) is 8.28. The number of hydrogen-bond acceptors (Lipinski definition) is 3. The third kappa shape index (κ3) is 4.45. The summed E-state index contributed by atoms with van der Waals surface area (Å²) in [4.78, 5) is 2.58. The summed E-state index contributed by atoms with van der Waals surface area (Å²) >= 11 is 5.98. The Labute approximate surface area is 139 Å². The number of benzene rings is 1. The van der Waals surface area contributed by atoms with Crippen LogP contribution in [0.15, 0.2) is 24.3 Å². The molecule has 22 heavy (non-hydrogen) atoms. The highest BCUT2D eigenvalue weighted by molar-refractivity contribution is 6.30. The number of hydrogen-bond donors (Lipinski definition) is 0. The Hall–Kier alpha value is -0.610. The van der Waals surface area contributed by atoms with Crippen molar-refractivity contribution in [2.45, 2.75) is 57.9 Å². The van der Waals surface area contributed by atoms with Crippen molar-refractivity contribution in [3.05, 3.63) is 34.9 Å². The number of nitrogens with zero attached hydrogens (tertiary/aromatic N) is 1. The van der Waals surface area contributed by atoms with Crippen LogP contribution in [-0.2, 0) is 15.9 Å². The predicted octanol–water partition coefficient (Wildman–Crippen LogP) is 3.79. The molecule has 124 valence electrons. The van der Waals surface area contributed by atoms with Gasteiger partial charge in [0.05, 0.1) is 18.8 Å². The van der Waals surface area contributed by atoms with Crippen molar-refractivity contribution in [1.29, 1.82) is 0 Å². The van der Waals surface area contributed by atoms with E-state index in [0.717, 1.165) is 31.0 Å². The van der Waals surface area contributed by atoms with Gasteiger partial charge >= 0.3 is 0 Å². The fourth-order valence-corrected chi connectivity index (χ4v) is 3.46. The molecule has 3 nitrogen and oxygen atoms in total. The van der Waals surface area contributed by atoms with Gasteiger partial charge in [-0.2, -0.15) is 0 Å². The number of morpholine rings is 1. The lowest BCUT2D eigenvalue weighted by Gasteiger charge is -2.45. The van der Waals surface area contributed by atoms with E-state index in [2.05, 4.69) is 37.8 Å². The van der Waals surface area contributed by atoms with Crippen molar-refractivity contribution in [2.75, 3.05) is 20.3 Å². The molecule has 4 atom stereocenters. The third-order valence-corrected chi connectivity index (χ3v) is 4.90. The van der Waals surface area contributed by atoms with Gasteiger partial charge in [-0.15, -0.1) is 0 Å². The van der Waals surface area contributed by atoms with Gasteiger partial charge in [0.1, 0.15) is 0 Å². The zero-order chi connectivity index (χ0) is 16.1. The average Bonchev–Trinajstić information content (AvgIpc) is 2.52. The van der Waals surface area contributed by atoms with Crippen LogP contribution in [0.5, 0.6) is 0 Å². The molecule has 1 aromatic carbocycles. The molecule has 1 aliphatic heterocycles. The monoisotopic (exact) mass is 325 g/mol. The van der Waals surface area contributed by atoms with E-state index in [0.29, 0.717) is 12.1 Å². The van der Waals surface area contributed by atoms with Gasteiger partial charge in [-0.05, 0) is 44.4 Å². The van der Waals surface area contributed by atoms with E-state index in [1.165, 1.54) is 5.56 Å². The van der Waals surface area contributed by atoms with Crippen LogP contribution in [-0.4, -0.2) is 49.5 Å². The van der Waals surface area contributed by atoms with Gasteiger partial charge in [-0.1, -0.05) is 30.7 Å². The first kappa shape index (κ1) is 17.7. The first-order chi connectivity index (χ1) is 10.5. The van der Waals surface area contributed by atoms with Crippen molar-refractivity contribution in [1.82, 2.24) is 4.90 Å². The Bertz CT molecular complexity index is 451. The lowest BCUT2D eigenvalue weighted by Crippen LogP contribution is -2.57. The highest BCUT2D eigenvalue weighted by atomic mass is 35.5. The molecule has 1 heterocycles. The van der Waals surface area contributed by atoms with E-state index in [1.807, 2.05) is 12.1 Å². The van der Waals surface area contributed by atoms with Gasteiger partial charge in [-0.25, -0.2) is 0 Å². The minimum atomic E-state index is 0.225. The van der Waals surface area contributed by atoms with E-state index in [4.69, 9.17) is 21.1 Å². The zero-order valence-electron chi connectivity index (χ0n) is 14.1. The standard InChI is InChI=1S/C18H28ClNO2/c1-5-18(14(3)21-4)20-11-13(2)22-12-17(20)10-15-6-8-16(19)9-7-15/h6-9,13-14,17-18H,5,10-12H2,1-4H3/t13?,14-,17?,18-/m0/s1. The Balaban J connectivity index is 2.13. The second-order valence-corrected chi connectivity index (χ2v) is 6.68. The highest BCUT2D eigenvalue weighted by Gasteiger charge is 2.34. The largest absolute Gasteiger partial charge is 0.380 e. The molecular weight excluding hydrogens is 298 g/mol. The average molecular weight is 326 g/mol. The molecule has 0 saturated carbocycles. The van der Waals surface area contributed by atoms with Crippen molar-refractivity contribution in [3.63, 3.8) is 0 Å². The Morgan fingerprint density at radius 3 is 2.64 bits per heavy atom.